The topological polar surface area (TPSA) is 109 Å². The van der Waals surface area contributed by atoms with Crippen molar-refractivity contribution in [2.24, 2.45) is 11.8 Å². The molecule has 1 aromatic carbocycles. The van der Waals surface area contributed by atoms with Gasteiger partial charge in [-0.2, -0.15) is 8.42 Å². The van der Waals surface area contributed by atoms with Crippen molar-refractivity contribution < 1.29 is 27.7 Å². The highest BCUT2D eigenvalue weighted by Gasteiger charge is 2.35. The average molecular weight is 328 g/mol. The number of hydrogen-bond donors (Lipinski definition) is 2. The monoisotopic (exact) mass is 328 g/mol. The molecule has 1 rings (SSSR count). The van der Waals surface area contributed by atoms with Gasteiger partial charge in [0.2, 0.25) is 0 Å². The Labute approximate surface area is 129 Å². The maximum absolute atomic E-state index is 11.6. The summed E-state index contributed by atoms with van der Waals surface area (Å²) in [6.45, 7) is 4.75. The van der Waals surface area contributed by atoms with E-state index in [1.165, 1.54) is 31.2 Å². The maximum Gasteiger partial charge on any atom is 0.307 e. The molecule has 0 bridgehead atoms. The molecule has 122 valence electrons. The quantitative estimate of drug-likeness (QED) is 0.744. The standard InChI is InChI=1S/C15H20O6S/c1-4-13(14(15(17)18)9(2)10(3)16)11-5-7-12(8-6-11)22(19,20)21/h5-9,13-14H,4H2,1-3H3,(H,17,18)(H,19,20,21). The first-order valence-corrected chi connectivity index (χ1v) is 8.34. The number of rotatable bonds is 7. The molecular weight excluding hydrogens is 308 g/mol. The van der Waals surface area contributed by atoms with E-state index in [2.05, 4.69) is 0 Å². The molecule has 0 saturated heterocycles. The summed E-state index contributed by atoms with van der Waals surface area (Å²) in [5, 5.41) is 9.45. The van der Waals surface area contributed by atoms with Gasteiger partial charge in [-0.3, -0.25) is 14.1 Å². The summed E-state index contributed by atoms with van der Waals surface area (Å²) in [6.07, 6.45) is 0.486. The SMILES string of the molecule is CCC(c1ccc(S(=O)(=O)O)cc1)C(C(=O)O)C(C)C(C)=O. The normalized spacial score (nSPS) is 15.8. The summed E-state index contributed by atoms with van der Waals surface area (Å²) in [7, 11) is -4.29. The molecule has 0 aliphatic rings. The van der Waals surface area contributed by atoms with E-state index in [0.717, 1.165) is 0 Å². The third-order valence-corrected chi connectivity index (χ3v) is 4.81. The second-order valence-electron chi connectivity index (χ2n) is 5.32. The molecule has 2 N–H and O–H groups in total. The van der Waals surface area contributed by atoms with Crippen molar-refractivity contribution in [3.05, 3.63) is 29.8 Å². The Morgan fingerprint density at radius 3 is 2.00 bits per heavy atom. The Morgan fingerprint density at radius 1 is 1.18 bits per heavy atom. The third-order valence-electron chi connectivity index (χ3n) is 3.94. The first-order chi connectivity index (χ1) is 10.1. The number of carboxylic acids is 1. The number of benzene rings is 1. The van der Waals surface area contributed by atoms with Gasteiger partial charge >= 0.3 is 5.97 Å². The fourth-order valence-corrected chi connectivity index (χ4v) is 3.05. The van der Waals surface area contributed by atoms with Gasteiger partial charge in [-0.15, -0.1) is 0 Å². The molecule has 0 heterocycles. The lowest BCUT2D eigenvalue weighted by atomic mass is 9.76. The van der Waals surface area contributed by atoms with Gasteiger partial charge in [-0.1, -0.05) is 26.0 Å². The van der Waals surface area contributed by atoms with Crippen LogP contribution in [0.1, 0.15) is 38.7 Å². The van der Waals surface area contributed by atoms with Gasteiger partial charge in [0.1, 0.15) is 5.78 Å². The highest BCUT2D eigenvalue weighted by molar-refractivity contribution is 7.85. The molecule has 7 heteroatoms. The van der Waals surface area contributed by atoms with Gasteiger partial charge in [-0.05, 0) is 37.0 Å². The van der Waals surface area contributed by atoms with Gasteiger partial charge in [0, 0.05) is 5.92 Å². The molecule has 0 saturated carbocycles. The van der Waals surface area contributed by atoms with Crippen LogP contribution in [0.5, 0.6) is 0 Å². The van der Waals surface area contributed by atoms with Crippen LogP contribution in [0, 0.1) is 11.8 Å². The molecule has 6 nitrogen and oxygen atoms in total. The lowest BCUT2D eigenvalue weighted by Gasteiger charge is -2.27. The van der Waals surface area contributed by atoms with E-state index in [0.29, 0.717) is 12.0 Å². The number of ketones is 1. The molecule has 0 spiro atoms. The van der Waals surface area contributed by atoms with Gasteiger partial charge < -0.3 is 5.11 Å². The van der Waals surface area contributed by atoms with Crippen LogP contribution in [0.25, 0.3) is 0 Å². The van der Waals surface area contributed by atoms with E-state index in [9.17, 15) is 23.1 Å². The highest BCUT2D eigenvalue weighted by Crippen LogP contribution is 2.34. The minimum Gasteiger partial charge on any atom is -0.481 e. The second-order valence-corrected chi connectivity index (χ2v) is 6.74. The largest absolute Gasteiger partial charge is 0.481 e. The number of Topliss-reactive ketones (excluding diaryl/α,β-unsaturated/α-hetero) is 1. The number of carboxylic acid groups (broad SMARTS) is 1. The molecule has 1 aromatic rings. The highest BCUT2D eigenvalue weighted by atomic mass is 32.2. The molecule has 0 aliphatic carbocycles. The van der Waals surface area contributed by atoms with Crippen molar-refractivity contribution in [2.75, 3.05) is 0 Å². The maximum atomic E-state index is 11.6. The van der Waals surface area contributed by atoms with E-state index < -0.39 is 33.8 Å². The Kier molecular flexibility index (Phi) is 5.85. The minimum atomic E-state index is -4.29. The molecule has 0 fully saturated rings. The smallest absolute Gasteiger partial charge is 0.307 e. The van der Waals surface area contributed by atoms with Gasteiger partial charge in [0.15, 0.2) is 0 Å². The van der Waals surface area contributed by atoms with Crippen LogP contribution in [0.15, 0.2) is 29.2 Å². The third kappa shape index (κ3) is 4.14. The molecular formula is C15H20O6S. The van der Waals surface area contributed by atoms with E-state index in [4.69, 9.17) is 4.55 Å². The molecule has 3 unspecified atom stereocenters. The zero-order valence-corrected chi connectivity index (χ0v) is 13.5. The molecule has 0 radical (unpaired) electrons. The van der Waals surface area contributed by atoms with Crippen LogP contribution < -0.4 is 0 Å². The number of aliphatic carboxylic acids is 1. The predicted molar refractivity (Wildman–Crippen MR) is 80.3 cm³/mol. The fourth-order valence-electron chi connectivity index (χ4n) is 2.57. The minimum absolute atomic E-state index is 0.208. The first-order valence-electron chi connectivity index (χ1n) is 6.90. The summed E-state index contributed by atoms with van der Waals surface area (Å²) in [4.78, 5) is 22.9. The summed E-state index contributed by atoms with van der Waals surface area (Å²) >= 11 is 0. The van der Waals surface area contributed by atoms with Gasteiger partial charge in [0.05, 0.1) is 10.8 Å². The molecule has 0 aromatic heterocycles. The van der Waals surface area contributed by atoms with Crippen LogP contribution in [-0.2, 0) is 19.7 Å². The lowest BCUT2D eigenvalue weighted by molar-refractivity contribution is -0.147. The van der Waals surface area contributed by atoms with Crippen LogP contribution in [0.2, 0.25) is 0 Å². The zero-order valence-electron chi connectivity index (χ0n) is 12.7. The Balaban J connectivity index is 3.23. The Bertz CT molecular complexity index is 647. The van der Waals surface area contributed by atoms with E-state index in [1.54, 1.807) is 6.92 Å². The van der Waals surface area contributed by atoms with Crippen LogP contribution in [0.4, 0.5) is 0 Å². The molecule has 0 aliphatic heterocycles. The lowest BCUT2D eigenvalue weighted by Crippen LogP contribution is -2.31. The van der Waals surface area contributed by atoms with Crippen molar-refractivity contribution in [3.8, 4) is 0 Å². The predicted octanol–water partition coefficient (Wildman–Crippen LogP) is 2.35. The number of hydrogen-bond acceptors (Lipinski definition) is 4. The molecule has 3 atom stereocenters. The van der Waals surface area contributed by atoms with Crippen molar-refractivity contribution in [2.45, 2.75) is 38.0 Å². The summed E-state index contributed by atoms with van der Waals surface area (Å²) in [5.74, 6) is -3.23. The molecule has 22 heavy (non-hydrogen) atoms. The van der Waals surface area contributed by atoms with Crippen LogP contribution in [0.3, 0.4) is 0 Å². The fraction of sp³-hybridized carbons (Fsp3) is 0.467. The number of carbonyl (C=O) groups is 2. The summed E-state index contributed by atoms with van der Waals surface area (Å²) in [6, 6.07) is 5.40. The molecule has 0 amide bonds. The zero-order chi connectivity index (χ0) is 17.1. The van der Waals surface area contributed by atoms with Gasteiger partial charge in [-0.25, -0.2) is 0 Å². The van der Waals surface area contributed by atoms with Crippen LogP contribution >= 0.6 is 0 Å². The number of carbonyl (C=O) groups excluding carboxylic acids is 1. The van der Waals surface area contributed by atoms with Crippen molar-refractivity contribution >= 4 is 21.9 Å². The Morgan fingerprint density at radius 2 is 1.68 bits per heavy atom. The van der Waals surface area contributed by atoms with Gasteiger partial charge in [0.25, 0.3) is 10.1 Å². The van der Waals surface area contributed by atoms with E-state index in [1.807, 2.05) is 6.92 Å². The van der Waals surface area contributed by atoms with Crippen molar-refractivity contribution in [1.82, 2.24) is 0 Å². The van der Waals surface area contributed by atoms with E-state index in [-0.39, 0.29) is 10.7 Å². The van der Waals surface area contributed by atoms with E-state index >= 15 is 0 Å². The summed E-state index contributed by atoms with van der Waals surface area (Å²) in [5.41, 5.74) is 0.621. The first kappa shape index (κ1) is 18.3. The Hall–Kier alpha value is -1.73. The van der Waals surface area contributed by atoms with Crippen molar-refractivity contribution in [3.63, 3.8) is 0 Å². The average Bonchev–Trinajstić information content (AvgIpc) is 2.42. The second kappa shape index (κ2) is 7.02. The van der Waals surface area contributed by atoms with Crippen LogP contribution in [-0.4, -0.2) is 29.8 Å². The van der Waals surface area contributed by atoms with Crippen molar-refractivity contribution in [1.29, 1.82) is 0 Å². The summed E-state index contributed by atoms with van der Waals surface area (Å²) < 4.78 is 31.0.